The summed E-state index contributed by atoms with van der Waals surface area (Å²) in [5.74, 6) is -0.322. The maximum atomic E-state index is 13.2. The van der Waals surface area contributed by atoms with Gasteiger partial charge in [0.2, 0.25) is 0 Å². The van der Waals surface area contributed by atoms with Gasteiger partial charge in [-0.2, -0.15) is 5.10 Å². The molecular formula is C28H30N8O4. The summed E-state index contributed by atoms with van der Waals surface area (Å²) >= 11 is 0. The van der Waals surface area contributed by atoms with E-state index in [2.05, 4.69) is 25.7 Å². The predicted molar refractivity (Wildman–Crippen MR) is 149 cm³/mol. The van der Waals surface area contributed by atoms with Gasteiger partial charge in [0, 0.05) is 24.2 Å². The molecule has 0 saturated carbocycles. The standard InChI is InChI=1S/C28H30N8O4/c1-28(2,3)40-27(39)35-10-11-36-22(15-35)21(14-33-36)26(38)34-18-7-4-6-17(12-18)13-30-25-20-9-5-8-19(24(29)37)23(20)31-16-32-25/h4-9,12,14,16H,10-11,13,15H2,1-3H3,(H2,29,37)(H,34,38)(H,30,31,32). The summed E-state index contributed by atoms with van der Waals surface area (Å²) in [6.45, 7) is 7.01. The predicted octanol–water partition coefficient (Wildman–Crippen LogP) is 3.54. The Labute approximate surface area is 230 Å². The Hall–Kier alpha value is -5.00. The lowest BCUT2D eigenvalue weighted by Crippen LogP contribution is -2.42. The van der Waals surface area contributed by atoms with Gasteiger partial charge in [-0.3, -0.25) is 14.3 Å². The van der Waals surface area contributed by atoms with Crippen molar-refractivity contribution in [2.24, 2.45) is 5.73 Å². The number of aromatic nitrogens is 4. The Bertz CT molecular complexity index is 1610. The third-order valence-corrected chi connectivity index (χ3v) is 6.34. The maximum absolute atomic E-state index is 13.2. The number of ether oxygens (including phenoxy) is 1. The van der Waals surface area contributed by atoms with Gasteiger partial charge in [-0.25, -0.2) is 14.8 Å². The molecule has 1 aliphatic rings. The fraction of sp³-hybridized carbons (Fsp3) is 0.286. The van der Waals surface area contributed by atoms with Gasteiger partial charge in [-0.1, -0.05) is 18.2 Å². The van der Waals surface area contributed by atoms with Crippen molar-refractivity contribution in [2.45, 2.75) is 46.0 Å². The summed E-state index contributed by atoms with van der Waals surface area (Å²) in [4.78, 5) is 47.7. The SMILES string of the molecule is CC(C)(C)OC(=O)N1CCn2ncc(C(=O)Nc3cccc(CNc4ncnc5c(C(N)=O)cccc45)c3)c2C1. The fourth-order valence-electron chi connectivity index (χ4n) is 4.49. The van der Waals surface area contributed by atoms with E-state index < -0.39 is 17.6 Å². The molecule has 1 aliphatic heterocycles. The molecule has 2 aromatic carbocycles. The maximum Gasteiger partial charge on any atom is 0.410 e. The van der Waals surface area contributed by atoms with E-state index in [4.69, 9.17) is 10.5 Å². The summed E-state index contributed by atoms with van der Waals surface area (Å²) in [6, 6.07) is 12.6. The molecule has 0 saturated heterocycles. The van der Waals surface area contributed by atoms with Crippen LogP contribution in [0, 0.1) is 0 Å². The summed E-state index contributed by atoms with van der Waals surface area (Å²) in [5, 5.41) is 11.2. The van der Waals surface area contributed by atoms with E-state index in [1.807, 2.05) is 45.0 Å². The lowest BCUT2D eigenvalue weighted by molar-refractivity contribution is 0.0193. The van der Waals surface area contributed by atoms with Crippen molar-refractivity contribution in [2.75, 3.05) is 17.2 Å². The number of carbonyl (C=O) groups excluding carboxylic acids is 3. The second-order valence-electron chi connectivity index (χ2n) is 10.4. The van der Waals surface area contributed by atoms with Crippen LogP contribution in [0.15, 0.2) is 55.0 Å². The number of nitrogens with two attached hydrogens (primary N) is 1. The molecule has 206 valence electrons. The molecule has 4 aromatic rings. The molecule has 0 atom stereocenters. The van der Waals surface area contributed by atoms with Gasteiger partial charge >= 0.3 is 6.09 Å². The molecular weight excluding hydrogens is 512 g/mol. The summed E-state index contributed by atoms with van der Waals surface area (Å²) in [6.07, 6.45) is 2.48. The molecule has 0 fully saturated rings. The molecule has 0 spiro atoms. The number of hydrogen-bond donors (Lipinski definition) is 3. The Morgan fingerprint density at radius 3 is 2.62 bits per heavy atom. The Kier molecular flexibility index (Phi) is 7.07. The Balaban J connectivity index is 1.27. The first kappa shape index (κ1) is 26.6. The van der Waals surface area contributed by atoms with Crippen molar-refractivity contribution < 1.29 is 19.1 Å². The number of amides is 3. The van der Waals surface area contributed by atoms with Crippen LogP contribution in [0.1, 0.15) is 52.7 Å². The molecule has 0 aliphatic carbocycles. The van der Waals surface area contributed by atoms with Crippen LogP contribution in [0.3, 0.4) is 0 Å². The minimum absolute atomic E-state index is 0.228. The van der Waals surface area contributed by atoms with Gasteiger partial charge in [0.15, 0.2) is 0 Å². The molecule has 5 rings (SSSR count). The summed E-state index contributed by atoms with van der Waals surface area (Å²) < 4.78 is 7.24. The van der Waals surface area contributed by atoms with Crippen molar-refractivity contribution in [1.82, 2.24) is 24.6 Å². The number of para-hydroxylation sites is 1. The number of nitrogens with zero attached hydrogens (tertiary/aromatic N) is 5. The lowest BCUT2D eigenvalue weighted by Gasteiger charge is -2.30. The zero-order valence-corrected chi connectivity index (χ0v) is 22.5. The van der Waals surface area contributed by atoms with E-state index >= 15 is 0 Å². The Morgan fingerprint density at radius 2 is 1.85 bits per heavy atom. The van der Waals surface area contributed by atoms with Crippen LogP contribution in [0.2, 0.25) is 0 Å². The monoisotopic (exact) mass is 542 g/mol. The van der Waals surface area contributed by atoms with Crippen LogP contribution in [0.25, 0.3) is 10.9 Å². The largest absolute Gasteiger partial charge is 0.444 e. The number of anilines is 2. The van der Waals surface area contributed by atoms with Gasteiger partial charge in [0.05, 0.1) is 41.6 Å². The zero-order valence-electron chi connectivity index (χ0n) is 22.5. The van der Waals surface area contributed by atoms with Crippen LogP contribution in [0.4, 0.5) is 16.3 Å². The van der Waals surface area contributed by atoms with E-state index in [1.165, 1.54) is 12.5 Å². The number of fused-ring (bicyclic) bond motifs is 2. The molecule has 3 heterocycles. The highest BCUT2D eigenvalue weighted by Gasteiger charge is 2.29. The van der Waals surface area contributed by atoms with Gasteiger partial charge < -0.3 is 26.0 Å². The van der Waals surface area contributed by atoms with Crippen molar-refractivity contribution >= 4 is 40.3 Å². The van der Waals surface area contributed by atoms with Crippen LogP contribution in [-0.4, -0.2) is 54.7 Å². The Morgan fingerprint density at radius 1 is 1.05 bits per heavy atom. The molecule has 12 heteroatoms. The minimum atomic E-state index is -0.609. The van der Waals surface area contributed by atoms with Gasteiger partial charge in [-0.15, -0.1) is 0 Å². The zero-order chi connectivity index (χ0) is 28.4. The third-order valence-electron chi connectivity index (χ3n) is 6.34. The highest BCUT2D eigenvalue weighted by atomic mass is 16.6. The molecule has 2 aromatic heterocycles. The van der Waals surface area contributed by atoms with E-state index in [0.29, 0.717) is 58.9 Å². The third kappa shape index (κ3) is 5.70. The number of primary amides is 1. The number of rotatable bonds is 6. The lowest BCUT2D eigenvalue weighted by atomic mass is 10.1. The molecule has 0 unspecified atom stereocenters. The van der Waals surface area contributed by atoms with Gasteiger partial charge in [-0.05, 0) is 50.6 Å². The fourth-order valence-corrected chi connectivity index (χ4v) is 4.49. The van der Waals surface area contributed by atoms with Gasteiger partial charge in [0.25, 0.3) is 11.8 Å². The van der Waals surface area contributed by atoms with Crippen LogP contribution < -0.4 is 16.4 Å². The van der Waals surface area contributed by atoms with Crippen molar-refractivity contribution in [3.05, 3.63) is 77.4 Å². The number of nitrogens with one attached hydrogen (secondary N) is 2. The average Bonchev–Trinajstić information content (AvgIpc) is 3.34. The van der Waals surface area contributed by atoms with Crippen LogP contribution in [-0.2, 0) is 24.4 Å². The van der Waals surface area contributed by atoms with Gasteiger partial charge in [0.1, 0.15) is 17.7 Å². The number of hydrogen-bond acceptors (Lipinski definition) is 8. The average molecular weight is 543 g/mol. The van der Waals surface area contributed by atoms with Crippen molar-refractivity contribution in [3.63, 3.8) is 0 Å². The highest BCUT2D eigenvalue weighted by molar-refractivity contribution is 6.07. The minimum Gasteiger partial charge on any atom is -0.444 e. The van der Waals surface area contributed by atoms with E-state index in [-0.39, 0.29) is 12.5 Å². The van der Waals surface area contributed by atoms with E-state index in [0.717, 1.165) is 5.56 Å². The quantitative estimate of drug-likeness (QED) is 0.334. The van der Waals surface area contributed by atoms with E-state index in [1.54, 1.807) is 27.8 Å². The molecule has 12 nitrogen and oxygen atoms in total. The molecule has 40 heavy (non-hydrogen) atoms. The van der Waals surface area contributed by atoms with Crippen LogP contribution in [0.5, 0.6) is 0 Å². The highest BCUT2D eigenvalue weighted by Crippen LogP contribution is 2.24. The normalized spacial score (nSPS) is 13.0. The van der Waals surface area contributed by atoms with Crippen molar-refractivity contribution in [3.8, 4) is 0 Å². The molecule has 0 bridgehead atoms. The van der Waals surface area contributed by atoms with Crippen LogP contribution >= 0.6 is 0 Å². The first-order valence-electron chi connectivity index (χ1n) is 12.8. The second-order valence-corrected chi connectivity index (χ2v) is 10.4. The smallest absolute Gasteiger partial charge is 0.410 e. The molecule has 0 radical (unpaired) electrons. The summed E-state index contributed by atoms with van der Waals surface area (Å²) in [7, 11) is 0. The first-order chi connectivity index (χ1) is 19.1. The summed E-state index contributed by atoms with van der Waals surface area (Å²) in [5.41, 5.74) is 8.22. The molecule has 4 N–H and O–H groups in total. The second kappa shape index (κ2) is 10.6. The number of carbonyl (C=O) groups is 3. The topological polar surface area (TPSA) is 157 Å². The van der Waals surface area contributed by atoms with E-state index in [9.17, 15) is 14.4 Å². The van der Waals surface area contributed by atoms with Crippen molar-refractivity contribution in [1.29, 1.82) is 0 Å². The number of benzene rings is 2. The molecule has 3 amide bonds. The first-order valence-corrected chi connectivity index (χ1v) is 12.8.